The fraction of sp³-hybridized carbons (Fsp3) is 0.467. The molecule has 0 saturated carbocycles. The first-order valence-electron chi connectivity index (χ1n) is 13.4. The maximum absolute atomic E-state index is 12.7. The molecule has 2 aromatic carbocycles. The predicted molar refractivity (Wildman–Crippen MR) is 139 cm³/mol. The Balaban J connectivity index is 1.11. The van der Waals surface area contributed by atoms with Crippen molar-refractivity contribution in [2.45, 2.75) is 42.9 Å². The summed E-state index contributed by atoms with van der Waals surface area (Å²) >= 11 is 0. The average molecular weight is 517 g/mol. The minimum atomic E-state index is -0.230. The molecule has 8 nitrogen and oxygen atoms in total. The van der Waals surface area contributed by atoms with E-state index in [4.69, 9.17) is 18.9 Å². The first-order chi connectivity index (χ1) is 18.5. The number of benzene rings is 2. The molecule has 0 N–H and O–H groups in total. The SMILES string of the molecule is COCOc1ccc2c3c1O[C@H]1[C@@H](OCCCN4C(=O)c5ccccc5C4=O)C=C[C@H]4[C@@H](C2)N(C)CC[C@@]341. The Morgan fingerprint density at radius 3 is 2.63 bits per heavy atom. The number of fused-ring (bicyclic) bond motifs is 1. The van der Waals surface area contributed by atoms with Crippen molar-refractivity contribution in [2.24, 2.45) is 5.92 Å². The van der Waals surface area contributed by atoms with E-state index in [0.29, 0.717) is 42.7 Å². The lowest BCUT2D eigenvalue weighted by Gasteiger charge is -2.56. The predicted octanol–water partition coefficient (Wildman–Crippen LogP) is 3.19. The zero-order valence-electron chi connectivity index (χ0n) is 21.7. The van der Waals surface area contributed by atoms with Crippen LogP contribution in [0.2, 0.25) is 0 Å². The summed E-state index contributed by atoms with van der Waals surface area (Å²) in [6.45, 7) is 1.91. The second kappa shape index (κ2) is 8.93. The summed E-state index contributed by atoms with van der Waals surface area (Å²) in [5.41, 5.74) is 3.42. The van der Waals surface area contributed by atoms with Crippen LogP contribution in [-0.2, 0) is 21.3 Å². The van der Waals surface area contributed by atoms with Crippen LogP contribution in [0.3, 0.4) is 0 Å². The van der Waals surface area contributed by atoms with Crippen LogP contribution >= 0.6 is 0 Å². The van der Waals surface area contributed by atoms with Gasteiger partial charge in [-0.25, -0.2) is 0 Å². The number of amides is 2. The molecule has 1 spiro atoms. The third-order valence-electron chi connectivity index (χ3n) is 9.16. The van der Waals surface area contributed by atoms with E-state index in [2.05, 4.69) is 30.2 Å². The van der Waals surface area contributed by atoms with Crippen LogP contribution < -0.4 is 9.47 Å². The molecule has 8 heteroatoms. The van der Waals surface area contributed by atoms with E-state index < -0.39 is 0 Å². The molecule has 1 saturated heterocycles. The van der Waals surface area contributed by atoms with E-state index in [1.165, 1.54) is 16.0 Å². The number of nitrogens with zero attached hydrogens (tertiary/aromatic N) is 2. The summed E-state index contributed by atoms with van der Waals surface area (Å²) in [5.74, 6) is 1.44. The summed E-state index contributed by atoms with van der Waals surface area (Å²) in [7, 11) is 3.84. The summed E-state index contributed by atoms with van der Waals surface area (Å²) in [6, 6.07) is 11.6. The topological polar surface area (TPSA) is 77.5 Å². The van der Waals surface area contributed by atoms with Crippen molar-refractivity contribution in [1.82, 2.24) is 9.80 Å². The van der Waals surface area contributed by atoms with Crippen molar-refractivity contribution in [3.05, 3.63) is 70.8 Å². The largest absolute Gasteiger partial charge is 0.482 e. The Morgan fingerprint density at radius 2 is 1.87 bits per heavy atom. The monoisotopic (exact) mass is 516 g/mol. The van der Waals surface area contributed by atoms with Crippen LogP contribution in [-0.4, -0.2) is 80.5 Å². The molecule has 1 fully saturated rings. The maximum atomic E-state index is 12.7. The average Bonchev–Trinajstić information content (AvgIpc) is 3.41. The summed E-state index contributed by atoms with van der Waals surface area (Å²) in [5, 5.41) is 0. The van der Waals surface area contributed by atoms with E-state index in [1.807, 2.05) is 6.07 Å². The quantitative estimate of drug-likeness (QED) is 0.231. The molecule has 2 aliphatic carbocycles. The van der Waals surface area contributed by atoms with Crippen LogP contribution in [0, 0.1) is 5.92 Å². The lowest BCUT2D eigenvalue weighted by Crippen LogP contribution is -2.65. The fourth-order valence-corrected chi connectivity index (χ4v) is 7.47. The fourth-order valence-electron chi connectivity index (χ4n) is 7.47. The molecule has 0 unspecified atom stereocenters. The molecule has 0 aromatic heterocycles. The molecule has 2 amide bonds. The van der Waals surface area contributed by atoms with Gasteiger partial charge in [-0.2, -0.15) is 0 Å². The smallest absolute Gasteiger partial charge is 0.261 e. The molecule has 198 valence electrons. The molecule has 5 aliphatic rings. The number of likely N-dealkylation sites (N-methyl/N-ethyl adjacent to an activating group) is 1. The van der Waals surface area contributed by atoms with Crippen LogP contribution in [0.5, 0.6) is 11.5 Å². The van der Waals surface area contributed by atoms with Gasteiger partial charge in [0.25, 0.3) is 11.8 Å². The minimum absolute atomic E-state index is 0.158. The van der Waals surface area contributed by atoms with Gasteiger partial charge >= 0.3 is 0 Å². The summed E-state index contributed by atoms with van der Waals surface area (Å²) in [4.78, 5) is 29.2. The van der Waals surface area contributed by atoms with Crippen molar-refractivity contribution in [3.8, 4) is 11.5 Å². The number of hydrogen-bond acceptors (Lipinski definition) is 7. The highest BCUT2D eigenvalue weighted by Gasteiger charge is 2.64. The number of piperidine rings is 1. The molecule has 3 heterocycles. The summed E-state index contributed by atoms with van der Waals surface area (Å²) in [6.07, 6.45) is 6.65. The Morgan fingerprint density at radius 1 is 1.08 bits per heavy atom. The van der Waals surface area contributed by atoms with Gasteiger partial charge in [-0.05, 0) is 56.6 Å². The molecule has 38 heavy (non-hydrogen) atoms. The first kappa shape index (κ1) is 23.9. The third kappa shape index (κ3) is 3.26. The van der Waals surface area contributed by atoms with Crippen molar-refractivity contribution in [2.75, 3.05) is 40.6 Å². The molecule has 5 atom stereocenters. The van der Waals surface area contributed by atoms with Crippen molar-refractivity contribution < 1.29 is 28.5 Å². The minimum Gasteiger partial charge on any atom is -0.482 e. The number of imide groups is 1. The normalized spacial score (nSPS) is 30.3. The lowest BCUT2D eigenvalue weighted by atomic mass is 9.53. The van der Waals surface area contributed by atoms with Crippen LogP contribution in [0.4, 0.5) is 0 Å². The highest BCUT2D eigenvalue weighted by atomic mass is 16.7. The Kier molecular flexibility index (Phi) is 5.61. The number of methoxy groups -OCH3 is 1. The van der Waals surface area contributed by atoms with Crippen LogP contribution in [0.15, 0.2) is 48.6 Å². The van der Waals surface area contributed by atoms with Gasteiger partial charge in [-0.3, -0.25) is 14.5 Å². The van der Waals surface area contributed by atoms with Gasteiger partial charge in [0.1, 0.15) is 12.2 Å². The Hall–Kier alpha value is -3.20. The highest BCUT2D eigenvalue weighted by molar-refractivity contribution is 6.21. The Bertz CT molecular complexity index is 1310. The molecular weight excluding hydrogens is 484 g/mol. The van der Waals surface area contributed by atoms with E-state index in [0.717, 1.165) is 30.9 Å². The van der Waals surface area contributed by atoms with Crippen molar-refractivity contribution in [3.63, 3.8) is 0 Å². The number of carbonyl (C=O) groups excluding carboxylic acids is 2. The molecular formula is C30H32N2O6. The first-order valence-corrected chi connectivity index (χ1v) is 13.4. The standard InChI is InChI=1S/C30H32N2O6/c1-31-14-12-30-21-9-11-24(36-15-5-13-32-28(33)19-6-3-4-7-20(19)29(32)34)27(30)38-26-23(37-17-35-2)10-8-18(25(26)30)16-22(21)31/h3-4,6-11,21-22,24,27H,5,12-17H2,1-2H3/t21-,22+,24-,27-,30-/m0/s1. The van der Waals surface area contributed by atoms with Gasteiger partial charge < -0.3 is 23.8 Å². The molecule has 2 aromatic rings. The zero-order chi connectivity index (χ0) is 26.0. The molecule has 3 aliphatic heterocycles. The molecule has 2 bridgehead atoms. The number of likely N-dealkylation sites (tertiary alicyclic amines) is 1. The van der Waals surface area contributed by atoms with E-state index in [1.54, 1.807) is 31.4 Å². The van der Waals surface area contributed by atoms with Gasteiger partial charge in [0.2, 0.25) is 0 Å². The molecule has 7 rings (SSSR count). The zero-order valence-corrected chi connectivity index (χ0v) is 21.7. The van der Waals surface area contributed by atoms with Gasteiger partial charge in [0, 0.05) is 43.2 Å². The van der Waals surface area contributed by atoms with Gasteiger partial charge in [0.05, 0.1) is 11.1 Å². The van der Waals surface area contributed by atoms with Gasteiger partial charge in [-0.15, -0.1) is 0 Å². The Labute approximate surface area is 222 Å². The van der Waals surface area contributed by atoms with E-state index in [-0.39, 0.29) is 36.2 Å². The van der Waals surface area contributed by atoms with E-state index >= 15 is 0 Å². The number of hydrogen-bond donors (Lipinski definition) is 0. The van der Waals surface area contributed by atoms with Crippen LogP contribution in [0.1, 0.15) is 44.7 Å². The lowest BCUT2D eigenvalue weighted by molar-refractivity contribution is -0.0716. The number of ether oxygens (including phenoxy) is 4. The molecule has 0 radical (unpaired) electrons. The van der Waals surface area contributed by atoms with Crippen molar-refractivity contribution in [1.29, 1.82) is 0 Å². The second-order valence-corrected chi connectivity index (χ2v) is 11.0. The number of rotatable bonds is 8. The number of carbonyl (C=O) groups is 2. The maximum Gasteiger partial charge on any atom is 0.261 e. The van der Waals surface area contributed by atoms with Gasteiger partial charge in [0.15, 0.2) is 18.3 Å². The third-order valence-corrected chi connectivity index (χ3v) is 9.16. The van der Waals surface area contributed by atoms with E-state index in [9.17, 15) is 9.59 Å². The van der Waals surface area contributed by atoms with Gasteiger partial charge in [-0.1, -0.05) is 30.4 Å². The van der Waals surface area contributed by atoms with Crippen molar-refractivity contribution >= 4 is 11.8 Å². The summed E-state index contributed by atoms with van der Waals surface area (Å²) < 4.78 is 24.3. The second-order valence-electron chi connectivity index (χ2n) is 11.0. The van der Waals surface area contributed by atoms with Crippen LogP contribution in [0.25, 0.3) is 0 Å². The highest BCUT2D eigenvalue weighted by Crippen LogP contribution is 2.62.